The molecule has 0 bridgehead atoms. The van der Waals surface area contributed by atoms with Gasteiger partial charge in [-0.1, -0.05) is 12.1 Å². The molecular formula is C15H9FN6O. The van der Waals surface area contributed by atoms with Gasteiger partial charge in [-0.15, -0.1) is 10.2 Å². The zero-order valence-electron chi connectivity index (χ0n) is 11.7. The molecular weight excluding hydrogens is 299 g/mol. The van der Waals surface area contributed by atoms with Gasteiger partial charge in [0.25, 0.3) is 0 Å². The monoisotopic (exact) mass is 308 g/mol. The molecule has 4 rings (SSSR count). The number of rotatable bonds is 3. The van der Waals surface area contributed by atoms with Crippen molar-refractivity contribution in [1.82, 2.24) is 29.8 Å². The average molecular weight is 308 g/mol. The predicted molar refractivity (Wildman–Crippen MR) is 78.3 cm³/mol. The van der Waals surface area contributed by atoms with Gasteiger partial charge in [-0.3, -0.25) is 0 Å². The highest BCUT2D eigenvalue weighted by molar-refractivity contribution is 5.58. The first-order chi connectivity index (χ1) is 11.3. The van der Waals surface area contributed by atoms with Gasteiger partial charge in [-0.25, -0.2) is 14.4 Å². The van der Waals surface area contributed by atoms with E-state index in [0.29, 0.717) is 16.9 Å². The maximum atomic E-state index is 13.5. The van der Waals surface area contributed by atoms with Gasteiger partial charge in [0.2, 0.25) is 0 Å². The molecule has 0 saturated carbocycles. The zero-order chi connectivity index (χ0) is 15.6. The van der Waals surface area contributed by atoms with Crippen LogP contribution in [-0.2, 0) is 0 Å². The Morgan fingerprint density at radius 2 is 1.83 bits per heavy atom. The minimum Gasteiger partial charge on any atom is -0.421 e. The van der Waals surface area contributed by atoms with Crippen molar-refractivity contribution >= 4 is 5.65 Å². The molecule has 0 aliphatic rings. The fourth-order valence-electron chi connectivity index (χ4n) is 2.01. The Morgan fingerprint density at radius 1 is 1.00 bits per heavy atom. The van der Waals surface area contributed by atoms with Crippen molar-refractivity contribution < 1.29 is 9.13 Å². The van der Waals surface area contributed by atoms with E-state index in [0.717, 1.165) is 0 Å². The van der Waals surface area contributed by atoms with E-state index < -0.39 is 5.82 Å². The normalized spacial score (nSPS) is 10.8. The average Bonchev–Trinajstić information content (AvgIpc) is 3.05. The summed E-state index contributed by atoms with van der Waals surface area (Å²) in [6, 6.07) is 9.71. The molecule has 0 atom stereocenters. The molecule has 3 aromatic heterocycles. The van der Waals surface area contributed by atoms with Gasteiger partial charge in [-0.2, -0.15) is 9.61 Å². The van der Waals surface area contributed by atoms with Crippen LogP contribution in [0.15, 0.2) is 55.1 Å². The maximum Gasteiger partial charge on any atom is 0.322 e. The molecule has 0 spiro atoms. The summed E-state index contributed by atoms with van der Waals surface area (Å²) >= 11 is 0. The van der Waals surface area contributed by atoms with Crippen LogP contribution >= 0.6 is 0 Å². The van der Waals surface area contributed by atoms with Crippen LogP contribution in [0, 0.1) is 5.82 Å². The second-order valence-electron chi connectivity index (χ2n) is 4.64. The first-order valence-electron chi connectivity index (χ1n) is 6.71. The molecule has 8 heteroatoms. The fourth-order valence-corrected chi connectivity index (χ4v) is 2.01. The van der Waals surface area contributed by atoms with E-state index in [-0.39, 0.29) is 11.8 Å². The SMILES string of the molecule is Fc1ccccc1Oc1ncc(-c2ccc3nncn3n2)cn1. The second-order valence-corrected chi connectivity index (χ2v) is 4.64. The summed E-state index contributed by atoms with van der Waals surface area (Å²) in [6.07, 6.45) is 4.62. The molecule has 4 aromatic rings. The van der Waals surface area contributed by atoms with Crippen molar-refractivity contribution in [2.24, 2.45) is 0 Å². The Labute approximate surface area is 129 Å². The summed E-state index contributed by atoms with van der Waals surface area (Å²) in [5.74, 6) is -0.399. The lowest BCUT2D eigenvalue weighted by atomic mass is 10.2. The quantitative estimate of drug-likeness (QED) is 0.578. The standard InChI is InChI=1S/C15H9FN6O/c16-11-3-1-2-4-13(11)23-15-17-7-10(8-18-15)12-5-6-14-20-19-9-22(14)21-12/h1-9H. The highest BCUT2D eigenvalue weighted by Crippen LogP contribution is 2.22. The van der Waals surface area contributed by atoms with Crippen molar-refractivity contribution in [3.63, 3.8) is 0 Å². The van der Waals surface area contributed by atoms with Crippen LogP contribution < -0.4 is 4.74 Å². The molecule has 0 aliphatic carbocycles. The number of fused-ring (bicyclic) bond motifs is 1. The molecule has 0 amide bonds. The Bertz CT molecular complexity index is 969. The second kappa shape index (κ2) is 5.41. The third-order valence-electron chi connectivity index (χ3n) is 3.12. The van der Waals surface area contributed by atoms with E-state index in [2.05, 4.69) is 25.3 Å². The summed E-state index contributed by atoms with van der Waals surface area (Å²) in [7, 11) is 0. The first-order valence-corrected chi connectivity index (χ1v) is 6.71. The van der Waals surface area contributed by atoms with Gasteiger partial charge in [0.15, 0.2) is 17.2 Å². The maximum absolute atomic E-state index is 13.5. The molecule has 0 unspecified atom stereocenters. The number of benzene rings is 1. The zero-order valence-corrected chi connectivity index (χ0v) is 11.7. The van der Waals surface area contributed by atoms with E-state index in [1.807, 2.05) is 0 Å². The minimum absolute atomic E-state index is 0.0595. The topological polar surface area (TPSA) is 78.1 Å². The highest BCUT2D eigenvalue weighted by Gasteiger charge is 2.08. The molecule has 0 radical (unpaired) electrons. The molecule has 0 saturated heterocycles. The van der Waals surface area contributed by atoms with Gasteiger partial charge < -0.3 is 4.74 Å². The number of halogens is 1. The van der Waals surface area contributed by atoms with Crippen LogP contribution in [-0.4, -0.2) is 29.8 Å². The Kier molecular flexibility index (Phi) is 3.12. The first kappa shape index (κ1) is 13.3. The molecule has 112 valence electrons. The molecule has 23 heavy (non-hydrogen) atoms. The number of hydrogen-bond donors (Lipinski definition) is 0. The third-order valence-corrected chi connectivity index (χ3v) is 3.12. The molecule has 1 aromatic carbocycles. The minimum atomic E-state index is -0.472. The smallest absolute Gasteiger partial charge is 0.322 e. The van der Waals surface area contributed by atoms with Crippen LogP contribution in [0.25, 0.3) is 16.9 Å². The van der Waals surface area contributed by atoms with Gasteiger partial charge >= 0.3 is 6.01 Å². The number of nitrogens with zero attached hydrogens (tertiary/aromatic N) is 6. The lowest BCUT2D eigenvalue weighted by Gasteiger charge is -2.05. The lowest BCUT2D eigenvalue weighted by molar-refractivity contribution is 0.411. The molecule has 0 fully saturated rings. The summed E-state index contributed by atoms with van der Waals surface area (Å²) < 4.78 is 20.4. The number of ether oxygens (including phenoxy) is 1. The number of para-hydroxylation sites is 1. The Hall–Kier alpha value is -3.42. The summed E-state index contributed by atoms with van der Waals surface area (Å²) in [6.45, 7) is 0. The number of aromatic nitrogens is 6. The van der Waals surface area contributed by atoms with Crippen LogP contribution in [0.3, 0.4) is 0 Å². The summed E-state index contributed by atoms with van der Waals surface area (Å²) in [5, 5.41) is 12.0. The van der Waals surface area contributed by atoms with Crippen LogP contribution in [0.5, 0.6) is 11.8 Å². The van der Waals surface area contributed by atoms with E-state index in [9.17, 15) is 4.39 Å². The summed E-state index contributed by atoms with van der Waals surface area (Å²) in [4.78, 5) is 8.16. The van der Waals surface area contributed by atoms with Gasteiger partial charge in [0.05, 0.1) is 5.69 Å². The summed E-state index contributed by atoms with van der Waals surface area (Å²) in [5.41, 5.74) is 2.00. The van der Waals surface area contributed by atoms with E-state index in [1.165, 1.54) is 18.5 Å². The Morgan fingerprint density at radius 3 is 2.65 bits per heavy atom. The molecule has 0 aliphatic heterocycles. The molecule has 0 N–H and O–H groups in total. The van der Waals surface area contributed by atoms with Crippen LogP contribution in [0.2, 0.25) is 0 Å². The fraction of sp³-hybridized carbons (Fsp3) is 0. The Balaban J connectivity index is 1.61. The van der Waals surface area contributed by atoms with Crippen molar-refractivity contribution in [3.05, 3.63) is 60.9 Å². The number of hydrogen-bond acceptors (Lipinski definition) is 6. The van der Waals surface area contributed by atoms with Crippen LogP contribution in [0.4, 0.5) is 4.39 Å². The largest absolute Gasteiger partial charge is 0.421 e. The van der Waals surface area contributed by atoms with Crippen molar-refractivity contribution in [1.29, 1.82) is 0 Å². The lowest BCUT2D eigenvalue weighted by Crippen LogP contribution is -1.96. The van der Waals surface area contributed by atoms with E-state index in [4.69, 9.17) is 4.74 Å². The van der Waals surface area contributed by atoms with Crippen LogP contribution in [0.1, 0.15) is 0 Å². The van der Waals surface area contributed by atoms with Gasteiger partial charge in [-0.05, 0) is 24.3 Å². The highest BCUT2D eigenvalue weighted by atomic mass is 19.1. The predicted octanol–water partition coefficient (Wildman–Crippen LogP) is 2.51. The van der Waals surface area contributed by atoms with Gasteiger partial charge in [0, 0.05) is 18.0 Å². The van der Waals surface area contributed by atoms with Crippen molar-refractivity contribution in [2.75, 3.05) is 0 Å². The van der Waals surface area contributed by atoms with E-state index >= 15 is 0 Å². The molecule has 3 heterocycles. The van der Waals surface area contributed by atoms with E-state index in [1.54, 1.807) is 41.2 Å². The van der Waals surface area contributed by atoms with Gasteiger partial charge in [0.1, 0.15) is 6.33 Å². The van der Waals surface area contributed by atoms with Crippen molar-refractivity contribution in [3.8, 4) is 23.0 Å². The van der Waals surface area contributed by atoms with Crippen molar-refractivity contribution in [2.45, 2.75) is 0 Å². The molecule has 7 nitrogen and oxygen atoms in total. The third kappa shape index (κ3) is 2.57.